The van der Waals surface area contributed by atoms with Crippen molar-refractivity contribution in [2.45, 2.75) is 225 Å². The van der Waals surface area contributed by atoms with Gasteiger partial charge < -0.3 is 39.0 Å². The zero-order valence-corrected chi connectivity index (χ0v) is 43.7. The van der Waals surface area contributed by atoms with Gasteiger partial charge in [-0.05, 0) is 70.6 Å². The van der Waals surface area contributed by atoms with Crippen molar-refractivity contribution >= 4 is 23.9 Å². The van der Waals surface area contributed by atoms with Gasteiger partial charge >= 0.3 is 23.9 Å². The predicted molar refractivity (Wildman–Crippen MR) is 284 cm³/mol. The highest BCUT2D eigenvalue weighted by Crippen LogP contribution is 2.26. The number of aliphatic hydroxyl groups excluding tert-OH is 2. The molecule has 1 rings (SSSR count). The molecule has 6 atom stereocenters. The summed E-state index contributed by atoms with van der Waals surface area (Å²) in [5.41, 5.74) is 0. The largest absolute Gasteiger partial charge is 0.479 e. The normalized spacial score (nSPS) is 19.4. The third kappa shape index (κ3) is 36.9. The molecule has 12 heteroatoms. The molecule has 0 radical (unpaired) electrons. The average Bonchev–Trinajstić information content (AvgIpc) is 3.35. The molecule has 1 aliphatic rings. The Balaban J connectivity index is 2.83. The van der Waals surface area contributed by atoms with Crippen LogP contribution in [0.15, 0.2) is 109 Å². The molecule has 3 N–H and O–H groups in total. The molecule has 0 aliphatic carbocycles. The smallest absolute Gasteiger partial charge is 0.335 e. The van der Waals surface area contributed by atoms with Crippen LogP contribution in [0.5, 0.6) is 0 Å². The highest BCUT2D eigenvalue weighted by molar-refractivity contribution is 5.74. The van der Waals surface area contributed by atoms with Gasteiger partial charge in [-0.2, -0.15) is 0 Å². The first-order chi connectivity index (χ1) is 34.6. The first-order valence-electron chi connectivity index (χ1n) is 26.9. The third-order valence-corrected chi connectivity index (χ3v) is 11.4. The van der Waals surface area contributed by atoms with E-state index in [1.165, 1.54) is 51.4 Å². The van der Waals surface area contributed by atoms with E-state index >= 15 is 0 Å². The van der Waals surface area contributed by atoms with Crippen molar-refractivity contribution in [3.63, 3.8) is 0 Å². The molecular formula is C59H92O12. The number of carboxylic acids is 1. The van der Waals surface area contributed by atoms with Gasteiger partial charge in [0.2, 0.25) is 0 Å². The first-order valence-corrected chi connectivity index (χ1v) is 26.9. The number of carbonyl (C=O) groups is 4. The molecule has 0 aromatic rings. The maximum absolute atomic E-state index is 13.0. The van der Waals surface area contributed by atoms with Crippen LogP contribution in [0.3, 0.4) is 0 Å². The topological polar surface area (TPSA) is 175 Å². The third-order valence-electron chi connectivity index (χ3n) is 11.4. The second-order valence-electron chi connectivity index (χ2n) is 17.8. The van der Waals surface area contributed by atoms with Gasteiger partial charge in [0.05, 0.1) is 13.0 Å². The van der Waals surface area contributed by atoms with Gasteiger partial charge in [-0.15, -0.1) is 0 Å². The van der Waals surface area contributed by atoms with Gasteiger partial charge in [0.25, 0.3) is 0 Å². The molecule has 0 bridgehead atoms. The summed E-state index contributed by atoms with van der Waals surface area (Å²) in [4.78, 5) is 50.8. The van der Waals surface area contributed by atoms with Crippen molar-refractivity contribution in [1.82, 2.24) is 0 Å². The van der Waals surface area contributed by atoms with Crippen molar-refractivity contribution in [3.8, 4) is 0 Å². The highest BCUT2D eigenvalue weighted by atomic mass is 16.7. The van der Waals surface area contributed by atoms with E-state index in [0.29, 0.717) is 25.7 Å². The molecular weight excluding hydrogens is 901 g/mol. The number of hydrogen-bond acceptors (Lipinski definition) is 11. The SMILES string of the molecule is CC/C=C\C/C=C\C/C=C\C/C=C\C/C=C\CC(=O)OCC(COC1OC(C(=O)O)C(O)C(O)C1OC(=O)CCCCCCCCCCCCCCC)OC(=O)CC/C=C\C/C=C\C/C=C\C/C=C\CC. The lowest BCUT2D eigenvalue weighted by atomic mass is 9.98. The summed E-state index contributed by atoms with van der Waals surface area (Å²) in [6.07, 6.45) is 49.8. The Bertz CT molecular complexity index is 1650. The molecule has 0 saturated carbocycles. The molecule has 1 aliphatic heterocycles. The van der Waals surface area contributed by atoms with E-state index < -0.39 is 73.9 Å². The number of ether oxygens (including phenoxy) is 5. The quantitative estimate of drug-likeness (QED) is 0.0229. The molecule has 0 spiro atoms. The molecule has 0 aromatic heterocycles. The average molecular weight is 993 g/mol. The molecule has 1 saturated heterocycles. The molecule has 12 nitrogen and oxygen atoms in total. The van der Waals surface area contributed by atoms with Crippen LogP contribution >= 0.6 is 0 Å². The van der Waals surface area contributed by atoms with Gasteiger partial charge in [0, 0.05) is 12.8 Å². The summed E-state index contributed by atoms with van der Waals surface area (Å²) in [6.45, 7) is 5.57. The van der Waals surface area contributed by atoms with Crippen LogP contribution in [-0.2, 0) is 42.9 Å². The summed E-state index contributed by atoms with van der Waals surface area (Å²) in [5, 5.41) is 31.4. The fourth-order valence-electron chi connectivity index (χ4n) is 7.34. The molecule has 0 amide bonds. The minimum absolute atomic E-state index is 0.0179. The maximum Gasteiger partial charge on any atom is 0.335 e. The molecule has 1 heterocycles. The number of esters is 3. The molecule has 71 heavy (non-hydrogen) atoms. The summed E-state index contributed by atoms with van der Waals surface area (Å²) >= 11 is 0. The Morgan fingerprint density at radius 3 is 1.39 bits per heavy atom. The molecule has 0 aromatic carbocycles. The fourth-order valence-corrected chi connectivity index (χ4v) is 7.34. The Kier molecular flexibility index (Phi) is 42.1. The van der Waals surface area contributed by atoms with Crippen LogP contribution in [0.1, 0.15) is 188 Å². The minimum Gasteiger partial charge on any atom is -0.479 e. The monoisotopic (exact) mass is 993 g/mol. The van der Waals surface area contributed by atoms with Crippen molar-refractivity contribution in [3.05, 3.63) is 109 Å². The Morgan fingerprint density at radius 1 is 0.493 bits per heavy atom. The number of carbonyl (C=O) groups excluding carboxylic acids is 3. The first kappa shape index (κ1) is 64.4. The number of hydrogen-bond donors (Lipinski definition) is 3. The summed E-state index contributed by atoms with van der Waals surface area (Å²) in [7, 11) is 0. The van der Waals surface area contributed by atoms with E-state index in [-0.39, 0.29) is 19.3 Å². The van der Waals surface area contributed by atoms with Crippen LogP contribution in [0.25, 0.3) is 0 Å². The zero-order chi connectivity index (χ0) is 51.8. The number of rotatable bonds is 43. The minimum atomic E-state index is -1.93. The van der Waals surface area contributed by atoms with E-state index in [4.69, 9.17) is 23.7 Å². The standard InChI is InChI=1S/C59H92O12/c1-4-7-10-13-16-19-22-25-26-29-30-33-36-39-42-45-51(60)67-48-50(69-52(61)46-43-40-37-34-31-27-23-20-17-14-11-8-5-2)49-68-59-57(55(64)54(63)56(71-59)58(65)66)70-53(62)47-44-41-38-35-32-28-24-21-18-15-12-9-6-3/h7-8,10-11,16-17,19-20,25-27,30-31,33,37,39-40,42,50,54-57,59,63-64H,4-6,9,12-15,18,21-24,28-29,32,34-36,38,41,43-49H2,1-3H3,(H,65,66)/b10-7-,11-8-,19-16-,20-17-,26-25-,31-27-,33-30-,40-37-,42-39-. The van der Waals surface area contributed by atoms with E-state index in [2.05, 4.69) is 87.6 Å². The second kappa shape index (κ2) is 46.5. The zero-order valence-electron chi connectivity index (χ0n) is 43.7. The van der Waals surface area contributed by atoms with Crippen LogP contribution in [0.4, 0.5) is 0 Å². The van der Waals surface area contributed by atoms with Gasteiger partial charge in [0.15, 0.2) is 24.6 Å². The molecule has 1 fully saturated rings. The lowest BCUT2D eigenvalue weighted by molar-refractivity contribution is -0.301. The van der Waals surface area contributed by atoms with Crippen LogP contribution in [-0.4, -0.2) is 89.2 Å². The van der Waals surface area contributed by atoms with E-state index in [9.17, 15) is 34.5 Å². The second-order valence-corrected chi connectivity index (χ2v) is 17.8. The number of unbranched alkanes of at least 4 members (excludes halogenated alkanes) is 12. The van der Waals surface area contributed by atoms with Gasteiger partial charge in [-0.3, -0.25) is 14.4 Å². The lowest BCUT2D eigenvalue weighted by Gasteiger charge is -2.40. The van der Waals surface area contributed by atoms with E-state index in [0.717, 1.165) is 70.6 Å². The van der Waals surface area contributed by atoms with Crippen LogP contribution in [0.2, 0.25) is 0 Å². The summed E-state index contributed by atoms with van der Waals surface area (Å²) < 4.78 is 28.1. The van der Waals surface area contributed by atoms with E-state index in [1.54, 1.807) is 6.08 Å². The number of carboxylic acid groups (broad SMARTS) is 1. The maximum atomic E-state index is 13.0. The number of aliphatic carboxylic acids is 1. The van der Waals surface area contributed by atoms with Crippen molar-refractivity contribution in [2.75, 3.05) is 13.2 Å². The summed E-state index contributed by atoms with van der Waals surface area (Å²) in [6, 6.07) is 0. The lowest BCUT2D eigenvalue weighted by Crippen LogP contribution is -2.61. The predicted octanol–water partition coefficient (Wildman–Crippen LogP) is 13.1. The van der Waals surface area contributed by atoms with Crippen molar-refractivity contribution in [2.24, 2.45) is 0 Å². The van der Waals surface area contributed by atoms with Gasteiger partial charge in [0.1, 0.15) is 18.8 Å². The fraction of sp³-hybridized carbons (Fsp3) is 0.627. The number of allylic oxidation sites excluding steroid dienone is 17. The highest BCUT2D eigenvalue weighted by Gasteiger charge is 2.50. The number of aliphatic hydroxyl groups is 2. The van der Waals surface area contributed by atoms with Crippen LogP contribution in [0, 0.1) is 0 Å². The van der Waals surface area contributed by atoms with Crippen molar-refractivity contribution in [1.29, 1.82) is 0 Å². The molecule has 6 unspecified atom stereocenters. The summed E-state index contributed by atoms with van der Waals surface area (Å²) in [5.74, 6) is -3.41. The van der Waals surface area contributed by atoms with Gasteiger partial charge in [-0.1, -0.05) is 207 Å². The van der Waals surface area contributed by atoms with E-state index in [1.807, 2.05) is 36.5 Å². The van der Waals surface area contributed by atoms with Gasteiger partial charge in [-0.25, -0.2) is 4.79 Å². The molecule has 400 valence electrons. The Labute approximate surface area is 427 Å². The van der Waals surface area contributed by atoms with Crippen molar-refractivity contribution < 1.29 is 58.2 Å². The Hall–Kier alpha value is -4.62. The van der Waals surface area contributed by atoms with Crippen LogP contribution < -0.4 is 0 Å². The Morgan fingerprint density at radius 2 is 0.930 bits per heavy atom.